The van der Waals surface area contributed by atoms with E-state index in [0.717, 1.165) is 24.4 Å². The predicted molar refractivity (Wildman–Crippen MR) is 55.5 cm³/mol. The first-order valence-corrected chi connectivity index (χ1v) is 5.74. The van der Waals surface area contributed by atoms with Gasteiger partial charge in [-0.05, 0) is 50.5 Å². The topological polar surface area (TPSA) is 38.0 Å². The van der Waals surface area contributed by atoms with Gasteiger partial charge in [0.05, 0.1) is 0 Å². The van der Waals surface area contributed by atoms with E-state index in [-0.39, 0.29) is 0 Å². The molecule has 13 heavy (non-hydrogen) atoms. The average Bonchev–Trinajstić information content (AvgIpc) is 2.82. The van der Waals surface area contributed by atoms with Gasteiger partial charge in [-0.2, -0.15) is 0 Å². The van der Waals surface area contributed by atoms with Crippen LogP contribution in [0.25, 0.3) is 0 Å². The van der Waals surface area contributed by atoms with E-state index >= 15 is 0 Å². The van der Waals surface area contributed by atoms with Crippen molar-refractivity contribution in [1.29, 1.82) is 0 Å². The molecule has 1 atom stereocenters. The van der Waals surface area contributed by atoms with Gasteiger partial charge < -0.3 is 11.1 Å². The number of rotatable bonds is 5. The van der Waals surface area contributed by atoms with E-state index in [9.17, 15) is 0 Å². The molecule has 1 unspecified atom stereocenters. The SMILES string of the molecule is CC1CC(NCCC(N)C2CC2)C1. The molecule has 2 rings (SSSR count). The third-order valence-electron chi connectivity index (χ3n) is 3.51. The third-order valence-corrected chi connectivity index (χ3v) is 3.51. The highest BCUT2D eigenvalue weighted by Gasteiger charge is 2.29. The van der Waals surface area contributed by atoms with E-state index in [4.69, 9.17) is 5.73 Å². The minimum Gasteiger partial charge on any atom is -0.327 e. The van der Waals surface area contributed by atoms with Crippen molar-refractivity contribution < 1.29 is 0 Å². The van der Waals surface area contributed by atoms with Gasteiger partial charge in [0.25, 0.3) is 0 Å². The summed E-state index contributed by atoms with van der Waals surface area (Å²) in [6, 6.07) is 1.28. The molecule has 76 valence electrons. The summed E-state index contributed by atoms with van der Waals surface area (Å²) in [7, 11) is 0. The zero-order chi connectivity index (χ0) is 9.26. The van der Waals surface area contributed by atoms with Crippen molar-refractivity contribution in [2.24, 2.45) is 17.6 Å². The summed E-state index contributed by atoms with van der Waals surface area (Å²) in [6.45, 7) is 3.46. The molecule has 2 heteroatoms. The molecule has 0 aromatic carbocycles. The molecule has 0 aromatic rings. The Bertz CT molecular complexity index is 159. The van der Waals surface area contributed by atoms with Crippen LogP contribution >= 0.6 is 0 Å². The van der Waals surface area contributed by atoms with E-state index in [1.54, 1.807) is 0 Å². The van der Waals surface area contributed by atoms with Gasteiger partial charge in [0.15, 0.2) is 0 Å². The maximum atomic E-state index is 6.01. The Labute approximate surface area is 81.3 Å². The van der Waals surface area contributed by atoms with Crippen molar-refractivity contribution in [3.8, 4) is 0 Å². The Morgan fingerprint density at radius 1 is 1.38 bits per heavy atom. The first-order valence-electron chi connectivity index (χ1n) is 5.74. The van der Waals surface area contributed by atoms with Crippen molar-refractivity contribution in [3.05, 3.63) is 0 Å². The highest BCUT2D eigenvalue weighted by atomic mass is 14.9. The molecule has 0 saturated heterocycles. The lowest BCUT2D eigenvalue weighted by Gasteiger charge is -2.33. The van der Waals surface area contributed by atoms with Crippen LogP contribution < -0.4 is 11.1 Å². The van der Waals surface area contributed by atoms with Crippen molar-refractivity contribution in [2.45, 2.75) is 51.1 Å². The van der Waals surface area contributed by atoms with Crippen LogP contribution in [-0.4, -0.2) is 18.6 Å². The van der Waals surface area contributed by atoms with Gasteiger partial charge in [0.1, 0.15) is 0 Å². The fourth-order valence-corrected chi connectivity index (χ4v) is 2.28. The summed E-state index contributed by atoms with van der Waals surface area (Å²) in [6.07, 6.45) is 6.68. The quantitative estimate of drug-likeness (QED) is 0.676. The van der Waals surface area contributed by atoms with Gasteiger partial charge in [-0.15, -0.1) is 0 Å². The van der Waals surface area contributed by atoms with Gasteiger partial charge in [-0.3, -0.25) is 0 Å². The lowest BCUT2D eigenvalue weighted by atomic mass is 9.82. The van der Waals surface area contributed by atoms with E-state index in [1.807, 2.05) is 0 Å². The molecule has 3 N–H and O–H groups in total. The maximum absolute atomic E-state index is 6.01. The van der Waals surface area contributed by atoms with E-state index in [1.165, 1.54) is 32.1 Å². The Kier molecular flexibility index (Phi) is 2.89. The molecule has 0 spiro atoms. The molecule has 2 saturated carbocycles. The second kappa shape index (κ2) is 3.97. The monoisotopic (exact) mass is 182 g/mol. The zero-order valence-electron chi connectivity index (χ0n) is 8.63. The van der Waals surface area contributed by atoms with Crippen LogP contribution in [0, 0.1) is 11.8 Å². The summed E-state index contributed by atoms with van der Waals surface area (Å²) in [4.78, 5) is 0. The Hall–Kier alpha value is -0.0800. The molecule has 2 nitrogen and oxygen atoms in total. The normalized spacial score (nSPS) is 35.5. The summed E-state index contributed by atoms with van der Waals surface area (Å²) in [5.41, 5.74) is 6.01. The second-order valence-electron chi connectivity index (χ2n) is 5.02. The summed E-state index contributed by atoms with van der Waals surface area (Å²) in [5.74, 6) is 1.82. The van der Waals surface area contributed by atoms with Crippen molar-refractivity contribution in [1.82, 2.24) is 5.32 Å². The number of nitrogens with two attached hydrogens (primary N) is 1. The van der Waals surface area contributed by atoms with Crippen LogP contribution in [0.2, 0.25) is 0 Å². The molecule has 0 aliphatic heterocycles. The van der Waals surface area contributed by atoms with Crippen LogP contribution in [0.15, 0.2) is 0 Å². The lowest BCUT2D eigenvalue weighted by molar-refractivity contribution is 0.239. The van der Waals surface area contributed by atoms with E-state index in [2.05, 4.69) is 12.2 Å². The van der Waals surface area contributed by atoms with Gasteiger partial charge >= 0.3 is 0 Å². The van der Waals surface area contributed by atoms with Gasteiger partial charge in [-0.1, -0.05) is 6.92 Å². The number of nitrogens with one attached hydrogen (secondary N) is 1. The van der Waals surface area contributed by atoms with E-state index < -0.39 is 0 Å². The van der Waals surface area contributed by atoms with Crippen LogP contribution in [0.5, 0.6) is 0 Å². The average molecular weight is 182 g/mol. The minimum absolute atomic E-state index is 0.477. The fourth-order valence-electron chi connectivity index (χ4n) is 2.28. The molecule has 0 bridgehead atoms. The van der Waals surface area contributed by atoms with E-state index in [0.29, 0.717) is 6.04 Å². The largest absolute Gasteiger partial charge is 0.327 e. The Morgan fingerprint density at radius 2 is 2.08 bits per heavy atom. The van der Waals surface area contributed by atoms with Crippen LogP contribution in [0.3, 0.4) is 0 Å². The fraction of sp³-hybridized carbons (Fsp3) is 1.00. The Morgan fingerprint density at radius 3 is 2.62 bits per heavy atom. The van der Waals surface area contributed by atoms with Crippen molar-refractivity contribution >= 4 is 0 Å². The summed E-state index contributed by atoms with van der Waals surface area (Å²) < 4.78 is 0. The highest BCUT2D eigenvalue weighted by molar-refractivity contribution is 4.86. The summed E-state index contributed by atoms with van der Waals surface area (Å²) >= 11 is 0. The highest BCUT2D eigenvalue weighted by Crippen LogP contribution is 2.32. The van der Waals surface area contributed by atoms with Crippen molar-refractivity contribution in [3.63, 3.8) is 0 Å². The molecular weight excluding hydrogens is 160 g/mol. The first-order chi connectivity index (χ1) is 6.25. The molecule has 2 fully saturated rings. The minimum atomic E-state index is 0.477. The molecule has 0 heterocycles. The molecular formula is C11H22N2. The standard InChI is InChI=1S/C11H22N2/c1-8-6-10(7-8)13-5-4-11(12)9-2-3-9/h8-11,13H,2-7,12H2,1H3. The molecule has 0 aromatic heterocycles. The zero-order valence-corrected chi connectivity index (χ0v) is 8.63. The van der Waals surface area contributed by atoms with Gasteiger partial charge in [-0.25, -0.2) is 0 Å². The van der Waals surface area contributed by atoms with Crippen LogP contribution in [0.4, 0.5) is 0 Å². The molecule has 2 aliphatic carbocycles. The third kappa shape index (κ3) is 2.68. The van der Waals surface area contributed by atoms with Crippen molar-refractivity contribution in [2.75, 3.05) is 6.54 Å². The summed E-state index contributed by atoms with van der Waals surface area (Å²) in [5, 5.41) is 3.58. The molecule has 0 amide bonds. The van der Waals surface area contributed by atoms with Crippen LogP contribution in [0.1, 0.15) is 39.0 Å². The number of hydrogen-bond acceptors (Lipinski definition) is 2. The molecule has 0 radical (unpaired) electrons. The van der Waals surface area contributed by atoms with Gasteiger partial charge in [0, 0.05) is 12.1 Å². The predicted octanol–water partition coefficient (Wildman–Crippen LogP) is 1.50. The number of hydrogen-bond donors (Lipinski definition) is 2. The maximum Gasteiger partial charge on any atom is 0.00792 e. The smallest absolute Gasteiger partial charge is 0.00792 e. The van der Waals surface area contributed by atoms with Gasteiger partial charge in [0.2, 0.25) is 0 Å². The first kappa shape index (κ1) is 9.47. The Balaban J connectivity index is 1.48. The lowest BCUT2D eigenvalue weighted by Crippen LogP contribution is -2.42. The van der Waals surface area contributed by atoms with Crippen LogP contribution in [-0.2, 0) is 0 Å². The second-order valence-corrected chi connectivity index (χ2v) is 5.02. The molecule has 2 aliphatic rings.